The molecule has 3 aromatic rings. The van der Waals surface area contributed by atoms with Gasteiger partial charge in [-0.1, -0.05) is 30.0 Å². The zero-order chi connectivity index (χ0) is 25.5. The fraction of sp³-hybridized carbons (Fsp3) is 0.115. The summed E-state index contributed by atoms with van der Waals surface area (Å²) in [6.07, 6.45) is -0.0560. The van der Waals surface area contributed by atoms with Gasteiger partial charge in [0.15, 0.2) is 17.6 Å². The van der Waals surface area contributed by atoms with Gasteiger partial charge in [0.25, 0.3) is 0 Å². The molecule has 1 aliphatic heterocycles. The molecule has 0 saturated carbocycles. The number of aliphatic imine (C=N–C) groups is 1. The highest BCUT2D eigenvalue weighted by atomic mass is 32.2. The Morgan fingerprint density at radius 1 is 0.944 bits per heavy atom. The number of thioether (sulfide) groups is 1. The van der Waals surface area contributed by atoms with Crippen molar-refractivity contribution in [3.63, 3.8) is 0 Å². The number of halogens is 1. The van der Waals surface area contributed by atoms with Gasteiger partial charge in [-0.2, -0.15) is 0 Å². The van der Waals surface area contributed by atoms with Crippen molar-refractivity contribution in [3.05, 3.63) is 95.8 Å². The smallest absolute Gasteiger partial charge is 0.338 e. The van der Waals surface area contributed by atoms with E-state index in [0.29, 0.717) is 16.5 Å². The molecular formula is C26H20FN3O5S. The Kier molecular flexibility index (Phi) is 7.86. The van der Waals surface area contributed by atoms with E-state index < -0.39 is 29.4 Å². The molecule has 1 unspecified atom stereocenters. The Hall–Kier alpha value is -4.31. The Labute approximate surface area is 210 Å². The number of para-hydroxylation sites is 1. The molecule has 182 valence electrons. The fourth-order valence-electron chi connectivity index (χ4n) is 3.22. The van der Waals surface area contributed by atoms with Crippen LogP contribution in [0.15, 0.2) is 83.9 Å². The SMILES string of the molecule is O=C(CC1SC(=Nc2ccccc2)NC1=O)Nc1ccc(C(=O)OCC(=O)c2ccc(F)cc2)cc1. The molecule has 1 saturated heterocycles. The Morgan fingerprint density at radius 2 is 1.61 bits per heavy atom. The molecule has 10 heteroatoms. The summed E-state index contributed by atoms with van der Waals surface area (Å²) in [6.45, 7) is -0.486. The average Bonchev–Trinajstić information content (AvgIpc) is 3.21. The molecule has 1 aliphatic rings. The molecule has 0 spiro atoms. The third kappa shape index (κ3) is 6.63. The number of anilines is 1. The number of esters is 1. The van der Waals surface area contributed by atoms with Gasteiger partial charge >= 0.3 is 5.97 Å². The standard InChI is InChI=1S/C26H20FN3O5S/c27-18-10-6-16(7-11-18)21(31)15-35-25(34)17-8-12-20(13-9-17)28-23(32)14-22-24(33)30-26(36-22)29-19-4-2-1-3-5-19/h1-13,22H,14-15H2,(H,28,32)(H,29,30,33). The van der Waals surface area contributed by atoms with Crippen molar-refractivity contribution in [3.8, 4) is 0 Å². The number of rotatable bonds is 8. The van der Waals surface area contributed by atoms with E-state index >= 15 is 0 Å². The van der Waals surface area contributed by atoms with Gasteiger partial charge in [0, 0.05) is 17.7 Å². The predicted molar refractivity (Wildman–Crippen MR) is 134 cm³/mol. The van der Waals surface area contributed by atoms with Crippen molar-refractivity contribution in [1.82, 2.24) is 5.32 Å². The first-order chi connectivity index (χ1) is 17.4. The first-order valence-electron chi connectivity index (χ1n) is 10.8. The van der Waals surface area contributed by atoms with E-state index in [-0.39, 0.29) is 29.4 Å². The number of nitrogens with zero attached hydrogens (tertiary/aromatic N) is 1. The number of hydrogen-bond acceptors (Lipinski definition) is 7. The number of ether oxygens (including phenoxy) is 1. The first-order valence-corrected chi connectivity index (χ1v) is 11.7. The van der Waals surface area contributed by atoms with E-state index in [1.165, 1.54) is 48.2 Å². The molecule has 1 heterocycles. The molecule has 2 amide bonds. The quantitative estimate of drug-likeness (QED) is 0.352. The van der Waals surface area contributed by atoms with Crippen LogP contribution >= 0.6 is 11.8 Å². The number of hydrogen-bond donors (Lipinski definition) is 2. The maximum absolute atomic E-state index is 13.0. The van der Waals surface area contributed by atoms with Crippen LogP contribution in [0.3, 0.4) is 0 Å². The number of ketones is 1. The van der Waals surface area contributed by atoms with E-state index in [0.717, 1.165) is 12.1 Å². The summed E-state index contributed by atoms with van der Waals surface area (Å²) in [4.78, 5) is 53.3. The lowest BCUT2D eigenvalue weighted by molar-refractivity contribution is -0.122. The van der Waals surface area contributed by atoms with Crippen LogP contribution in [0.5, 0.6) is 0 Å². The van der Waals surface area contributed by atoms with Gasteiger partial charge < -0.3 is 15.4 Å². The highest BCUT2D eigenvalue weighted by Crippen LogP contribution is 2.25. The normalized spacial score (nSPS) is 15.9. The minimum Gasteiger partial charge on any atom is -0.454 e. The Balaban J connectivity index is 1.26. The largest absolute Gasteiger partial charge is 0.454 e. The lowest BCUT2D eigenvalue weighted by atomic mass is 10.1. The maximum Gasteiger partial charge on any atom is 0.338 e. The van der Waals surface area contributed by atoms with Crippen LogP contribution in [0.4, 0.5) is 15.8 Å². The van der Waals surface area contributed by atoms with Crippen molar-refractivity contribution in [2.24, 2.45) is 4.99 Å². The number of carbonyl (C=O) groups is 4. The van der Waals surface area contributed by atoms with Crippen molar-refractivity contribution >= 4 is 51.9 Å². The second-order valence-corrected chi connectivity index (χ2v) is 8.88. The van der Waals surface area contributed by atoms with Gasteiger partial charge in [0.05, 0.1) is 11.3 Å². The molecule has 0 bridgehead atoms. The van der Waals surface area contributed by atoms with E-state index in [4.69, 9.17) is 4.74 Å². The van der Waals surface area contributed by atoms with Crippen LogP contribution in [0.2, 0.25) is 0 Å². The molecule has 4 rings (SSSR count). The summed E-state index contributed by atoms with van der Waals surface area (Å²) in [6, 6.07) is 20.0. The molecule has 0 radical (unpaired) electrons. The van der Waals surface area contributed by atoms with E-state index in [9.17, 15) is 23.6 Å². The van der Waals surface area contributed by atoms with E-state index in [2.05, 4.69) is 15.6 Å². The summed E-state index contributed by atoms with van der Waals surface area (Å²) in [5.74, 6) is -2.31. The highest BCUT2D eigenvalue weighted by Gasteiger charge is 2.32. The van der Waals surface area contributed by atoms with Crippen molar-refractivity contribution in [2.45, 2.75) is 11.7 Å². The molecule has 1 atom stereocenters. The molecular weight excluding hydrogens is 485 g/mol. The van der Waals surface area contributed by atoms with Crippen molar-refractivity contribution < 1.29 is 28.3 Å². The van der Waals surface area contributed by atoms with Gasteiger partial charge in [-0.3, -0.25) is 14.4 Å². The van der Waals surface area contributed by atoms with Gasteiger partial charge in [0.1, 0.15) is 11.1 Å². The van der Waals surface area contributed by atoms with E-state index in [1.54, 1.807) is 0 Å². The first kappa shape index (κ1) is 24.8. The van der Waals surface area contributed by atoms with Crippen LogP contribution < -0.4 is 10.6 Å². The summed E-state index contributed by atoms with van der Waals surface area (Å²) >= 11 is 1.19. The van der Waals surface area contributed by atoms with Gasteiger partial charge in [-0.15, -0.1) is 0 Å². The summed E-state index contributed by atoms with van der Waals surface area (Å²) in [5.41, 5.74) is 1.55. The third-order valence-electron chi connectivity index (χ3n) is 5.04. The monoisotopic (exact) mass is 505 g/mol. The zero-order valence-corrected chi connectivity index (χ0v) is 19.6. The summed E-state index contributed by atoms with van der Waals surface area (Å²) in [5, 5.41) is 5.19. The van der Waals surface area contributed by atoms with Gasteiger partial charge in [-0.05, 0) is 60.7 Å². The number of amidine groups is 1. The van der Waals surface area contributed by atoms with Crippen LogP contribution in [0, 0.1) is 5.82 Å². The van der Waals surface area contributed by atoms with Crippen LogP contribution in [0.1, 0.15) is 27.1 Å². The van der Waals surface area contributed by atoms with Crippen LogP contribution in [-0.2, 0) is 14.3 Å². The predicted octanol–water partition coefficient (Wildman–Crippen LogP) is 4.11. The van der Waals surface area contributed by atoms with Gasteiger partial charge in [0.2, 0.25) is 11.8 Å². The lowest BCUT2D eigenvalue weighted by Crippen LogP contribution is -2.28. The minimum absolute atomic E-state index is 0.0560. The topological polar surface area (TPSA) is 114 Å². The number of Topliss-reactive ketones (excluding diaryl/α,β-unsaturated/α-hetero) is 1. The number of carbonyl (C=O) groups excluding carboxylic acids is 4. The fourth-order valence-corrected chi connectivity index (χ4v) is 4.20. The lowest BCUT2D eigenvalue weighted by Gasteiger charge is -2.08. The number of nitrogens with one attached hydrogen (secondary N) is 2. The molecule has 1 fully saturated rings. The zero-order valence-electron chi connectivity index (χ0n) is 18.8. The molecule has 36 heavy (non-hydrogen) atoms. The van der Waals surface area contributed by atoms with Gasteiger partial charge in [-0.25, -0.2) is 14.2 Å². The second kappa shape index (κ2) is 11.4. The summed E-state index contributed by atoms with van der Waals surface area (Å²) < 4.78 is 18.0. The Morgan fingerprint density at radius 3 is 2.31 bits per heavy atom. The van der Waals surface area contributed by atoms with E-state index in [1.807, 2.05) is 30.3 Å². The number of benzene rings is 3. The van der Waals surface area contributed by atoms with Crippen LogP contribution in [0.25, 0.3) is 0 Å². The molecule has 0 aliphatic carbocycles. The molecule has 8 nitrogen and oxygen atoms in total. The molecule has 3 aromatic carbocycles. The molecule has 2 N–H and O–H groups in total. The molecule has 0 aromatic heterocycles. The second-order valence-electron chi connectivity index (χ2n) is 7.68. The Bertz CT molecular complexity index is 1310. The third-order valence-corrected chi connectivity index (χ3v) is 6.12. The van der Waals surface area contributed by atoms with Crippen molar-refractivity contribution in [1.29, 1.82) is 0 Å². The number of amides is 2. The average molecular weight is 506 g/mol. The van der Waals surface area contributed by atoms with Crippen molar-refractivity contribution in [2.75, 3.05) is 11.9 Å². The maximum atomic E-state index is 13.0. The van der Waals surface area contributed by atoms with Crippen LogP contribution in [-0.4, -0.2) is 40.6 Å². The highest BCUT2D eigenvalue weighted by molar-refractivity contribution is 8.15. The summed E-state index contributed by atoms with van der Waals surface area (Å²) in [7, 11) is 0. The minimum atomic E-state index is -0.715.